The van der Waals surface area contributed by atoms with Gasteiger partial charge in [-0.05, 0) is 24.1 Å². The van der Waals surface area contributed by atoms with Crippen LogP contribution in [0.25, 0.3) is 0 Å². The molecule has 2 aromatic rings. The minimum absolute atomic E-state index is 0.130. The van der Waals surface area contributed by atoms with Crippen LogP contribution in [0.15, 0.2) is 53.5 Å². The number of para-hydroxylation sites is 1. The number of aliphatic imine (C=N–C) groups is 1. The van der Waals surface area contributed by atoms with Crippen LogP contribution < -0.4 is 10.1 Å². The lowest BCUT2D eigenvalue weighted by Gasteiger charge is -2.23. The minimum Gasteiger partial charge on any atom is -0.496 e. The number of methoxy groups -OCH3 is 1. The average molecular weight is 341 g/mol. The van der Waals surface area contributed by atoms with Crippen molar-refractivity contribution in [3.63, 3.8) is 0 Å². The molecule has 132 valence electrons. The van der Waals surface area contributed by atoms with Gasteiger partial charge in [0, 0.05) is 38.2 Å². The van der Waals surface area contributed by atoms with Crippen molar-refractivity contribution in [1.29, 1.82) is 0 Å². The van der Waals surface area contributed by atoms with Crippen molar-refractivity contribution in [2.45, 2.75) is 24.9 Å². The van der Waals surface area contributed by atoms with Crippen LogP contribution in [0.1, 0.15) is 23.5 Å². The molecule has 0 aliphatic heterocycles. The molecule has 1 saturated carbocycles. The maximum absolute atomic E-state index is 13.9. The summed E-state index contributed by atoms with van der Waals surface area (Å²) in [6.45, 7) is 0.681. The summed E-state index contributed by atoms with van der Waals surface area (Å²) in [5.74, 6) is 1.74. The molecule has 0 saturated heterocycles. The number of hydrogen-bond acceptors (Lipinski definition) is 2. The Balaban J connectivity index is 1.63. The van der Waals surface area contributed by atoms with E-state index in [4.69, 9.17) is 4.74 Å². The number of guanidine groups is 1. The maximum atomic E-state index is 13.9. The van der Waals surface area contributed by atoms with Gasteiger partial charge < -0.3 is 15.0 Å². The van der Waals surface area contributed by atoms with Crippen LogP contribution in [0.2, 0.25) is 0 Å². The zero-order valence-corrected chi connectivity index (χ0v) is 14.9. The highest BCUT2D eigenvalue weighted by Gasteiger charge is 2.40. The number of nitrogens with one attached hydrogen (secondary N) is 1. The highest BCUT2D eigenvalue weighted by atomic mass is 19.1. The van der Waals surface area contributed by atoms with Crippen molar-refractivity contribution in [3.8, 4) is 5.75 Å². The molecule has 0 aromatic heterocycles. The molecule has 25 heavy (non-hydrogen) atoms. The molecule has 3 rings (SSSR count). The van der Waals surface area contributed by atoms with Crippen molar-refractivity contribution in [3.05, 3.63) is 65.5 Å². The van der Waals surface area contributed by atoms with Crippen molar-refractivity contribution in [2.75, 3.05) is 21.2 Å². The molecule has 1 N–H and O–H groups in total. The average Bonchev–Trinajstić information content (AvgIpc) is 3.39. The van der Waals surface area contributed by atoms with Gasteiger partial charge in [0.15, 0.2) is 5.96 Å². The molecule has 0 amide bonds. The smallest absolute Gasteiger partial charge is 0.193 e. The van der Waals surface area contributed by atoms with E-state index in [1.807, 2.05) is 43.4 Å². The molecule has 0 bridgehead atoms. The minimum atomic E-state index is -0.130. The van der Waals surface area contributed by atoms with Crippen molar-refractivity contribution >= 4 is 5.96 Å². The molecule has 2 aromatic carbocycles. The highest BCUT2D eigenvalue weighted by molar-refractivity contribution is 5.80. The predicted octanol–water partition coefficient (Wildman–Crippen LogP) is 3.40. The fourth-order valence-corrected chi connectivity index (χ4v) is 3.15. The molecule has 1 fully saturated rings. The summed E-state index contributed by atoms with van der Waals surface area (Å²) in [5, 5.41) is 3.44. The van der Waals surface area contributed by atoms with E-state index in [1.54, 1.807) is 20.2 Å². The van der Waals surface area contributed by atoms with E-state index < -0.39 is 0 Å². The fraction of sp³-hybridized carbons (Fsp3) is 0.350. The molecule has 0 radical (unpaired) electrons. The molecule has 4 nitrogen and oxygen atoms in total. The van der Waals surface area contributed by atoms with Crippen LogP contribution in [-0.4, -0.2) is 38.1 Å². The van der Waals surface area contributed by atoms with Crippen LogP contribution in [0, 0.1) is 5.82 Å². The zero-order chi connectivity index (χ0) is 17.8. The third-order valence-corrected chi connectivity index (χ3v) is 4.58. The summed E-state index contributed by atoms with van der Waals surface area (Å²) in [6, 6.07) is 15.2. The van der Waals surface area contributed by atoms with Gasteiger partial charge in [0.05, 0.1) is 7.11 Å². The number of ether oxygens (including phenoxy) is 1. The lowest BCUT2D eigenvalue weighted by atomic mass is 10.1. The second-order valence-corrected chi connectivity index (χ2v) is 6.33. The standard InChI is InChI=1S/C20H24FN3O/c1-22-20(24(2)13-14-8-4-7-11-19(14)25-3)23-18-12-16(18)15-9-5-6-10-17(15)21/h4-11,16,18H,12-13H2,1-3H3,(H,22,23). The summed E-state index contributed by atoms with van der Waals surface area (Å²) >= 11 is 0. The SMILES string of the molecule is CN=C(NC1CC1c1ccccc1F)N(C)Cc1ccccc1OC. The Bertz CT molecular complexity index is 762. The van der Waals surface area contributed by atoms with Gasteiger partial charge in [-0.25, -0.2) is 4.39 Å². The second-order valence-electron chi connectivity index (χ2n) is 6.33. The van der Waals surface area contributed by atoms with Crippen molar-refractivity contribution < 1.29 is 9.13 Å². The molecule has 1 aliphatic carbocycles. The van der Waals surface area contributed by atoms with Gasteiger partial charge in [-0.15, -0.1) is 0 Å². The highest BCUT2D eigenvalue weighted by Crippen LogP contribution is 2.41. The van der Waals surface area contributed by atoms with Crippen LogP contribution >= 0.6 is 0 Å². The van der Waals surface area contributed by atoms with E-state index in [-0.39, 0.29) is 17.8 Å². The third kappa shape index (κ3) is 3.92. The van der Waals surface area contributed by atoms with Gasteiger partial charge in [-0.1, -0.05) is 36.4 Å². The first-order chi connectivity index (χ1) is 12.1. The normalized spacial score (nSPS) is 19.4. The second kappa shape index (κ2) is 7.55. The summed E-state index contributed by atoms with van der Waals surface area (Å²) < 4.78 is 19.3. The first kappa shape index (κ1) is 17.3. The monoisotopic (exact) mass is 341 g/mol. The molecule has 2 atom stereocenters. The number of nitrogens with zero attached hydrogens (tertiary/aromatic N) is 2. The largest absolute Gasteiger partial charge is 0.496 e. The van der Waals surface area contributed by atoms with Crippen LogP contribution in [0.3, 0.4) is 0 Å². The molecule has 2 unspecified atom stereocenters. The molecule has 0 spiro atoms. The lowest BCUT2D eigenvalue weighted by molar-refractivity contribution is 0.396. The summed E-state index contributed by atoms with van der Waals surface area (Å²) in [6.07, 6.45) is 0.919. The summed E-state index contributed by atoms with van der Waals surface area (Å²) in [7, 11) is 5.43. The Morgan fingerprint density at radius 3 is 2.68 bits per heavy atom. The van der Waals surface area contributed by atoms with Crippen molar-refractivity contribution in [2.24, 2.45) is 4.99 Å². The van der Waals surface area contributed by atoms with E-state index in [2.05, 4.69) is 15.2 Å². The predicted molar refractivity (Wildman–Crippen MR) is 98.5 cm³/mol. The Hall–Kier alpha value is -2.56. The van der Waals surface area contributed by atoms with Crippen LogP contribution in [0.5, 0.6) is 5.75 Å². The van der Waals surface area contributed by atoms with Crippen LogP contribution in [0.4, 0.5) is 4.39 Å². The summed E-state index contributed by atoms with van der Waals surface area (Å²) in [4.78, 5) is 6.42. The van der Waals surface area contributed by atoms with E-state index in [1.165, 1.54) is 6.07 Å². The molecular weight excluding hydrogens is 317 g/mol. The van der Waals surface area contributed by atoms with Gasteiger partial charge in [-0.2, -0.15) is 0 Å². The van der Waals surface area contributed by atoms with Gasteiger partial charge in [0.1, 0.15) is 11.6 Å². The van der Waals surface area contributed by atoms with Gasteiger partial charge in [0.25, 0.3) is 0 Å². The Kier molecular flexibility index (Phi) is 5.22. The Morgan fingerprint density at radius 1 is 1.24 bits per heavy atom. The zero-order valence-electron chi connectivity index (χ0n) is 14.9. The van der Waals surface area contributed by atoms with E-state index >= 15 is 0 Å². The maximum Gasteiger partial charge on any atom is 0.193 e. The number of benzene rings is 2. The molecule has 1 aliphatic rings. The number of rotatable bonds is 5. The Morgan fingerprint density at radius 2 is 1.96 bits per heavy atom. The van der Waals surface area contributed by atoms with E-state index in [0.717, 1.165) is 29.3 Å². The Labute approximate surface area is 148 Å². The fourth-order valence-electron chi connectivity index (χ4n) is 3.15. The first-order valence-electron chi connectivity index (χ1n) is 8.44. The lowest BCUT2D eigenvalue weighted by Crippen LogP contribution is -2.40. The van der Waals surface area contributed by atoms with Gasteiger partial charge in [-0.3, -0.25) is 4.99 Å². The molecular formula is C20H24FN3O. The summed E-state index contributed by atoms with van der Waals surface area (Å²) in [5.41, 5.74) is 1.87. The van der Waals surface area contributed by atoms with Gasteiger partial charge >= 0.3 is 0 Å². The number of halogens is 1. The van der Waals surface area contributed by atoms with Gasteiger partial charge in [0.2, 0.25) is 0 Å². The van der Waals surface area contributed by atoms with Crippen molar-refractivity contribution in [1.82, 2.24) is 10.2 Å². The molecule has 5 heteroatoms. The van der Waals surface area contributed by atoms with Crippen LogP contribution in [-0.2, 0) is 6.54 Å². The number of hydrogen-bond donors (Lipinski definition) is 1. The first-order valence-corrected chi connectivity index (χ1v) is 8.44. The van der Waals surface area contributed by atoms with E-state index in [9.17, 15) is 4.39 Å². The topological polar surface area (TPSA) is 36.9 Å². The van der Waals surface area contributed by atoms with E-state index in [0.29, 0.717) is 6.54 Å². The molecule has 0 heterocycles. The quantitative estimate of drug-likeness (QED) is 0.669. The third-order valence-electron chi connectivity index (χ3n) is 4.58.